The largest absolute Gasteiger partial charge is 0.497 e. The summed E-state index contributed by atoms with van der Waals surface area (Å²) in [5.74, 6) is 1.79. The molecule has 8 heteroatoms. The molecule has 2 aromatic carbocycles. The van der Waals surface area contributed by atoms with Crippen molar-refractivity contribution >= 4 is 28.8 Å². The van der Waals surface area contributed by atoms with Crippen molar-refractivity contribution in [1.82, 2.24) is 10.2 Å². The Labute approximate surface area is 181 Å². The van der Waals surface area contributed by atoms with Gasteiger partial charge in [-0.25, -0.2) is 0 Å². The van der Waals surface area contributed by atoms with Crippen LogP contribution >= 0.6 is 0 Å². The van der Waals surface area contributed by atoms with E-state index < -0.39 is 0 Å². The van der Waals surface area contributed by atoms with E-state index in [0.29, 0.717) is 17.3 Å². The molecule has 4 rings (SSSR count). The summed E-state index contributed by atoms with van der Waals surface area (Å²) in [6, 6.07) is 16.5. The van der Waals surface area contributed by atoms with Gasteiger partial charge in [-0.2, -0.15) is 5.10 Å². The quantitative estimate of drug-likeness (QED) is 0.573. The van der Waals surface area contributed by atoms with Crippen molar-refractivity contribution in [2.75, 3.05) is 42.3 Å². The van der Waals surface area contributed by atoms with Gasteiger partial charge in [0.1, 0.15) is 11.5 Å². The monoisotopic (exact) mass is 419 g/mol. The van der Waals surface area contributed by atoms with E-state index in [9.17, 15) is 4.79 Å². The minimum absolute atomic E-state index is 0.0782. The summed E-state index contributed by atoms with van der Waals surface area (Å²) in [7, 11) is 1.60. The fourth-order valence-electron chi connectivity index (χ4n) is 3.37. The molecule has 1 amide bonds. The molecule has 3 aromatic rings. The first-order valence-electron chi connectivity index (χ1n) is 10.2. The Kier molecular flexibility index (Phi) is 6.47. The number of nitrogens with one attached hydrogen (secondary N) is 2. The van der Waals surface area contributed by atoms with Crippen LogP contribution in [0, 0.1) is 0 Å². The average molecular weight is 419 g/mol. The van der Waals surface area contributed by atoms with Crippen molar-refractivity contribution in [3.63, 3.8) is 0 Å². The van der Waals surface area contributed by atoms with Crippen LogP contribution in [0.2, 0.25) is 0 Å². The highest BCUT2D eigenvalue weighted by atomic mass is 16.5. The topological polar surface area (TPSA) is 88.6 Å². The number of benzene rings is 2. The number of amides is 1. The summed E-state index contributed by atoms with van der Waals surface area (Å²) in [6.45, 7) is 2.04. The van der Waals surface area contributed by atoms with Crippen LogP contribution in [-0.2, 0) is 4.79 Å². The predicted molar refractivity (Wildman–Crippen MR) is 120 cm³/mol. The van der Waals surface area contributed by atoms with Crippen LogP contribution < -0.4 is 25.0 Å². The van der Waals surface area contributed by atoms with E-state index in [1.807, 2.05) is 30.3 Å². The Bertz CT molecular complexity index is 1000. The van der Waals surface area contributed by atoms with Gasteiger partial charge in [0.25, 0.3) is 5.91 Å². The normalized spacial score (nSPS) is 13.0. The van der Waals surface area contributed by atoms with Crippen molar-refractivity contribution in [2.45, 2.75) is 12.8 Å². The van der Waals surface area contributed by atoms with Crippen LogP contribution in [-0.4, -0.2) is 42.9 Å². The van der Waals surface area contributed by atoms with Crippen LogP contribution in [0.4, 0.5) is 22.9 Å². The number of carbonyl (C=O) groups excluding carboxylic acids is 1. The number of ether oxygens (including phenoxy) is 2. The first kappa shape index (κ1) is 20.5. The van der Waals surface area contributed by atoms with Crippen molar-refractivity contribution < 1.29 is 14.3 Å². The molecule has 2 heterocycles. The van der Waals surface area contributed by atoms with E-state index in [4.69, 9.17) is 9.47 Å². The second-order valence-corrected chi connectivity index (χ2v) is 7.21. The molecule has 0 atom stereocenters. The van der Waals surface area contributed by atoms with Gasteiger partial charge in [0, 0.05) is 30.5 Å². The Morgan fingerprint density at radius 2 is 1.68 bits per heavy atom. The molecule has 2 N–H and O–H groups in total. The fraction of sp³-hybridized carbons (Fsp3) is 0.261. The molecule has 1 fully saturated rings. The van der Waals surface area contributed by atoms with Gasteiger partial charge in [-0.1, -0.05) is 0 Å². The molecular weight excluding hydrogens is 394 g/mol. The summed E-state index contributed by atoms with van der Waals surface area (Å²) < 4.78 is 10.6. The first-order chi connectivity index (χ1) is 15.2. The molecule has 31 heavy (non-hydrogen) atoms. The van der Waals surface area contributed by atoms with Gasteiger partial charge in [0.2, 0.25) is 0 Å². The summed E-state index contributed by atoms with van der Waals surface area (Å²) in [6.07, 6.45) is 4.22. The van der Waals surface area contributed by atoms with Gasteiger partial charge in [-0.3, -0.25) is 4.79 Å². The van der Waals surface area contributed by atoms with Crippen LogP contribution in [0.3, 0.4) is 0 Å². The van der Waals surface area contributed by atoms with Crippen LogP contribution in [0.25, 0.3) is 0 Å². The molecule has 0 aliphatic carbocycles. The van der Waals surface area contributed by atoms with Crippen LogP contribution in [0.15, 0.2) is 60.8 Å². The number of anilines is 4. The Balaban J connectivity index is 1.28. The summed E-state index contributed by atoms with van der Waals surface area (Å²) in [4.78, 5) is 14.5. The molecule has 0 bridgehead atoms. The standard InChI is InChI=1S/C23H25N5O3/c1-30-20-8-10-21(11-9-20)31-16-23(29)26-18-6-4-17(5-7-18)25-22-14-19(15-24-27-22)28-12-2-3-13-28/h4-11,14-15H,2-3,12-13,16H2,1H3,(H,25,27)(H,26,29). The van der Waals surface area contributed by atoms with Gasteiger partial charge in [-0.15, -0.1) is 5.10 Å². The van der Waals surface area contributed by atoms with Crippen molar-refractivity contribution in [3.05, 3.63) is 60.8 Å². The van der Waals surface area contributed by atoms with Crippen molar-refractivity contribution in [3.8, 4) is 11.5 Å². The highest BCUT2D eigenvalue weighted by Gasteiger charge is 2.13. The zero-order valence-electron chi connectivity index (χ0n) is 17.4. The number of carbonyl (C=O) groups is 1. The molecule has 8 nitrogen and oxygen atoms in total. The lowest BCUT2D eigenvalue weighted by Gasteiger charge is -2.17. The number of methoxy groups -OCH3 is 1. The maximum absolute atomic E-state index is 12.1. The molecule has 1 aromatic heterocycles. The summed E-state index contributed by atoms with van der Waals surface area (Å²) in [5.41, 5.74) is 2.63. The van der Waals surface area contributed by atoms with Crippen molar-refractivity contribution in [1.29, 1.82) is 0 Å². The number of rotatable bonds is 8. The second-order valence-electron chi connectivity index (χ2n) is 7.21. The number of aromatic nitrogens is 2. The lowest BCUT2D eigenvalue weighted by molar-refractivity contribution is -0.118. The van der Waals surface area contributed by atoms with Gasteiger partial charge in [-0.05, 0) is 61.4 Å². The van der Waals surface area contributed by atoms with Gasteiger partial charge < -0.3 is 25.0 Å². The zero-order chi connectivity index (χ0) is 21.5. The third-order valence-electron chi connectivity index (χ3n) is 4.98. The minimum atomic E-state index is -0.235. The zero-order valence-corrected chi connectivity index (χ0v) is 17.4. The molecule has 160 valence electrons. The molecule has 0 saturated carbocycles. The van der Waals surface area contributed by atoms with Crippen LogP contribution in [0.1, 0.15) is 12.8 Å². The highest BCUT2D eigenvalue weighted by Crippen LogP contribution is 2.23. The van der Waals surface area contributed by atoms with E-state index in [2.05, 4.69) is 25.7 Å². The Morgan fingerprint density at radius 1 is 1.00 bits per heavy atom. The summed E-state index contributed by atoms with van der Waals surface area (Å²) in [5, 5.41) is 14.3. The predicted octanol–water partition coefficient (Wildman–Crippen LogP) is 3.85. The molecule has 1 aliphatic heterocycles. The number of hydrogen-bond donors (Lipinski definition) is 2. The molecule has 0 spiro atoms. The smallest absolute Gasteiger partial charge is 0.262 e. The van der Waals surface area contributed by atoms with Gasteiger partial charge >= 0.3 is 0 Å². The van der Waals surface area contributed by atoms with E-state index in [1.54, 1.807) is 37.6 Å². The van der Waals surface area contributed by atoms with E-state index >= 15 is 0 Å². The molecule has 1 aliphatic rings. The van der Waals surface area contributed by atoms with E-state index in [-0.39, 0.29) is 12.5 Å². The maximum atomic E-state index is 12.1. The minimum Gasteiger partial charge on any atom is -0.497 e. The molecule has 0 radical (unpaired) electrons. The summed E-state index contributed by atoms with van der Waals surface area (Å²) >= 11 is 0. The fourth-order valence-corrected chi connectivity index (χ4v) is 3.37. The number of hydrogen-bond acceptors (Lipinski definition) is 7. The van der Waals surface area contributed by atoms with Crippen LogP contribution in [0.5, 0.6) is 11.5 Å². The Morgan fingerprint density at radius 3 is 2.39 bits per heavy atom. The SMILES string of the molecule is COc1ccc(OCC(=O)Nc2ccc(Nc3cc(N4CCCC4)cnn3)cc2)cc1. The van der Waals surface area contributed by atoms with Crippen molar-refractivity contribution in [2.24, 2.45) is 0 Å². The van der Waals surface area contributed by atoms with Gasteiger partial charge in [0.05, 0.1) is 19.0 Å². The third-order valence-corrected chi connectivity index (χ3v) is 4.98. The van der Waals surface area contributed by atoms with E-state index in [1.165, 1.54) is 12.8 Å². The highest BCUT2D eigenvalue weighted by molar-refractivity contribution is 5.92. The average Bonchev–Trinajstić information content (AvgIpc) is 3.35. The lowest BCUT2D eigenvalue weighted by atomic mass is 10.2. The maximum Gasteiger partial charge on any atom is 0.262 e. The molecular formula is C23H25N5O3. The second kappa shape index (κ2) is 9.80. The molecule has 1 saturated heterocycles. The number of nitrogens with zero attached hydrogens (tertiary/aromatic N) is 3. The van der Waals surface area contributed by atoms with E-state index in [0.717, 1.165) is 30.2 Å². The van der Waals surface area contributed by atoms with Gasteiger partial charge in [0.15, 0.2) is 12.4 Å². The third kappa shape index (κ3) is 5.63. The Hall–Kier alpha value is -3.81. The molecule has 0 unspecified atom stereocenters. The lowest BCUT2D eigenvalue weighted by Crippen LogP contribution is -2.20. The first-order valence-corrected chi connectivity index (χ1v) is 10.2.